The molecule has 2 rings (SSSR count). The molecule has 1 aromatic heterocycles. The van der Waals surface area contributed by atoms with Crippen LogP contribution in [-0.2, 0) is 6.54 Å². The van der Waals surface area contributed by atoms with E-state index in [-0.39, 0.29) is 5.92 Å². The lowest BCUT2D eigenvalue weighted by molar-refractivity contribution is 0.145. The van der Waals surface area contributed by atoms with Gasteiger partial charge in [-0.25, -0.2) is 9.67 Å². The molecule has 0 aliphatic carbocycles. The molecular weight excluding hydrogens is 274 g/mol. The van der Waals surface area contributed by atoms with Gasteiger partial charge in [0.2, 0.25) is 0 Å². The highest BCUT2D eigenvalue weighted by atomic mass is 35.5. The second kappa shape index (κ2) is 6.37. The van der Waals surface area contributed by atoms with E-state index in [4.69, 9.17) is 11.6 Å². The highest BCUT2D eigenvalue weighted by Crippen LogP contribution is 2.27. The molecule has 4 nitrogen and oxygen atoms in total. The van der Waals surface area contributed by atoms with Crippen LogP contribution in [0.3, 0.4) is 0 Å². The van der Waals surface area contributed by atoms with Crippen molar-refractivity contribution < 1.29 is 5.11 Å². The van der Waals surface area contributed by atoms with Crippen LogP contribution in [0.2, 0.25) is 5.02 Å². The average molecular weight is 294 g/mol. The zero-order valence-electron chi connectivity index (χ0n) is 12.0. The van der Waals surface area contributed by atoms with Crippen LogP contribution in [0.4, 0.5) is 0 Å². The lowest BCUT2D eigenvalue weighted by Gasteiger charge is -2.10. The standard InChI is InChI=1S/C15H20ClN3O/c1-4-11(20)9-19-15(17-14(18-19)10(2)3)12-7-5-6-8-13(12)16/h5-8,10-11,20H,4,9H2,1-3H3/t11-/m1/s1. The molecule has 0 amide bonds. The molecule has 108 valence electrons. The Morgan fingerprint density at radius 2 is 2.00 bits per heavy atom. The van der Waals surface area contributed by atoms with Crippen molar-refractivity contribution in [1.82, 2.24) is 14.8 Å². The molecule has 0 bridgehead atoms. The fourth-order valence-electron chi connectivity index (χ4n) is 1.90. The van der Waals surface area contributed by atoms with Crippen molar-refractivity contribution in [3.05, 3.63) is 35.1 Å². The van der Waals surface area contributed by atoms with E-state index in [1.54, 1.807) is 4.68 Å². The highest BCUT2D eigenvalue weighted by molar-refractivity contribution is 6.33. The van der Waals surface area contributed by atoms with Gasteiger partial charge in [-0.3, -0.25) is 0 Å². The molecule has 0 saturated heterocycles. The van der Waals surface area contributed by atoms with E-state index < -0.39 is 6.10 Å². The summed E-state index contributed by atoms with van der Waals surface area (Å²) in [5, 5.41) is 15.0. The summed E-state index contributed by atoms with van der Waals surface area (Å²) in [6, 6.07) is 7.56. The molecule has 1 heterocycles. The molecule has 0 radical (unpaired) electrons. The third-order valence-electron chi connectivity index (χ3n) is 3.17. The summed E-state index contributed by atoms with van der Waals surface area (Å²) in [6.07, 6.45) is 0.247. The molecule has 5 heteroatoms. The van der Waals surface area contributed by atoms with Crippen LogP contribution in [0, 0.1) is 0 Å². The van der Waals surface area contributed by atoms with Gasteiger partial charge in [0, 0.05) is 11.5 Å². The lowest BCUT2D eigenvalue weighted by atomic mass is 10.2. The number of hydrogen-bond donors (Lipinski definition) is 1. The first-order chi connectivity index (χ1) is 9.52. The van der Waals surface area contributed by atoms with Crippen LogP contribution in [0.5, 0.6) is 0 Å². The van der Waals surface area contributed by atoms with Crippen molar-refractivity contribution in [2.45, 2.75) is 45.8 Å². The fraction of sp³-hybridized carbons (Fsp3) is 0.467. The molecule has 0 unspecified atom stereocenters. The largest absolute Gasteiger partial charge is 0.391 e. The Bertz CT molecular complexity index is 580. The van der Waals surface area contributed by atoms with Crippen molar-refractivity contribution in [3.8, 4) is 11.4 Å². The van der Waals surface area contributed by atoms with Gasteiger partial charge in [0.25, 0.3) is 0 Å². The van der Waals surface area contributed by atoms with E-state index in [1.807, 2.05) is 45.0 Å². The molecule has 1 aromatic carbocycles. The average Bonchev–Trinajstić information content (AvgIpc) is 2.83. The zero-order valence-corrected chi connectivity index (χ0v) is 12.8. The quantitative estimate of drug-likeness (QED) is 0.918. The molecule has 0 saturated carbocycles. The summed E-state index contributed by atoms with van der Waals surface area (Å²) in [4.78, 5) is 4.58. The minimum atomic E-state index is -0.432. The van der Waals surface area contributed by atoms with Gasteiger partial charge in [0.15, 0.2) is 11.6 Å². The number of aromatic nitrogens is 3. The summed E-state index contributed by atoms with van der Waals surface area (Å²) in [7, 11) is 0. The number of rotatable bonds is 5. The first kappa shape index (κ1) is 15.0. The van der Waals surface area contributed by atoms with Gasteiger partial charge in [-0.2, -0.15) is 5.10 Å². The number of aliphatic hydroxyl groups excluding tert-OH is 1. The summed E-state index contributed by atoms with van der Waals surface area (Å²) < 4.78 is 1.75. The number of halogens is 1. The van der Waals surface area contributed by atoms with Crippen molar-refractivity contribution in [2.75, 3.05) is 0 Å². The maximum atomic E-state index is 9.88. The van der Waals surface area contributed by atoms with Crippen LogP contribution in [0.25, 0.3) is 11.4 Å². The second-order valence-electron chi connectivity index (χ2n) is 5.17. The van der Waals surface area contributed by atoms with Crippen LogP contribution in [0.15, 0.2) is 24.3 Å². The van der Waals surface area contributed by atoms with Gasteiger partial charge in [-0.1, -0.05) is 44.5 Å². The first-order valence-corrected chi connectivity index (χ1v) is 7.28. The fourth-order valence-corrected chi connectivity index (χ4v) is 2.12. The molecule has 20 heavy (non-hydrogen) atoms. The van der Waals surface area contributed by atoms with Crippen molar-refractivity contribution in [1.29, 1.82) is 0 Å². The predicted octanol–water partition coefficient (Wildman–Crippen LogP) is 3.49. The normalized spacial score (nSPS) is 12.9. The van der Waals surface area contributed by atoms with E-state index in [1.165, 1.54) is 0 Å². The highest BCUT2D eigenvalue weighted by Gasteiger charge is 2.17. The monoisotopic (exact) mass is 293 g/mol. The molecule has 0 aliphatic rings. The summed E-state index contributed by atoms with van der Waals surface area (Å²) in [6.45, 7) is 6.47. The summed E-state index contributed by atoms with van der Waals surface area (Å²) in [5.41, 5.74) is 0.844. The molecule has 2 aromatic rings. The SMILES string of the molecule is CC[C@@H](O)Cn1nc(C(C)C)nc1-c1ccccc1Cl. The number of aliphatic hydroxyl groups is 1. The van der Waals surface area contributed by atoms with E-state index in [2.05, 4.69) is 10.1 Å². The van der Waals surface area contributed by atoms with E-state index in [0.717, 1.165) is 11.4 Å². The van der Waals surface area contributed by atoms with Gasteiger partial charge < -0.3 is 5.11 Å². The van der Waals surface area contributed by atoms with Gasteiger partial charge >= 0.3 is 0 Å². The zero-order chi connectivity index (χ0) is 14.7. The molecule has 0 spiro atoms. The van der Waals surface area contributed by atoms with Crippen LogP contribution < -0.4 is 0 Å². The van der Waals surface area contributed by atoms with E-state index in [0.29, 0.717) is 23.8 Å². The number of nitrogens with zero attached hydrogens (tertiary/aromatic N) is 3. The summed E-state index contributed by atoms with van der Waals surface area (Å²) in [5.74, 6) is 1.71. The molecule has 0 aliphatic heterocycles. The second-order valence-corrected chi connectivity index (χ2v) is 5.58. The van der Waals surface area contributed by atoms with Crippen molar-refractivity contribution >= 4 is 11.6 Å². The Morgan fingerprint density at radius 3 is 2.60 bits per heavy atom. The van der Waals surface area contributed by atoms with Crippen LogP contribution >= 0.6 is 11.6 Å². The molecular formula is C15H20ClN3O. The Labute approximate surface area is 124 Å². The minimum absolute atomic E-state index is 0.233. The molecule has 1 atom stereocenters. The van der Waals surface area contributed by atoms with E-state index >= 15 is 0 Å². The van der Waals surface area contributed by atoms with Gasteiger partial charge in [0.05, 0.1) is 17.7 Å². The molecule has 1 N–H and O–H groups in total. The van der Waals surface area contributed by atoms with E-state index in [9.17, 15) is 5.11 Å². The van der Waals surface area contributed by atoms with Crippen LogP contribution in [-0.4, -0.2) is 26.0 Å². The lowest BCUT2D eigenvalue weighted by Crippen LogP contribution is -2.17. The smallest absolute Gasteiger partial charge is 0.160 e. The Hall–Kier alpha value is -1.39. The maximum absolute atomic E-state index is 9.88. The Kier molecular flexibility index (Phi) is 4.78. The number of hydrogen-bond acceptors (Lipinski definition) is 3. The van der Waals surface area contributed by atoms with Gasteiger partial charge in [0.1, 0.15) is 0 Å². The minimum Gasteiger partial charge on any atom is -0.391 e. The topological polar surface area (TPSA) is 50.9 Å². The first-order valence-electron chi connectivity index (χ1n) is 6.90. The summed E-state index contributed by atoms with van der Waals surface area (Å²) >= 11 is 6.25. The third-order valence-corrected chi connectivity index (χ3v) is 3.50. The van der Waals surface area contributed by atoms with Gasteiger partial charge in [-0.05, 0) is 18.6 Å². The van der Waals surface area contributed by atoms with Crippen molar-refractivity contribution in [2.24, 2.45) is 0 Å². The van der Waals surface area contributed by atoms with Gasteiger partial charge in [-0.15, -0.1) is 0 Å². The van der Waals surface area contributed by atoms with Crippen LogP contribution in [0.1, 0.15) is 38.9 Å². The third kappa shape index (κ3) is 3.19. The predicted molar refractivity (Wildman–Crippen MR) is 80.9 cm³/mol. The maximum Gasteiger partial charge on any atom is 0.160 e. The van der Waals surface area contributed by atoms with Crippen molar-refractivity contribution in [3.63, 3.8) is 0 Å². The number of benzene rings is 1. The Balaban J connectivity index is 2.47. The molecule has 0 fully saturated rings. The Morgan fingerprint density at radius 1 is 1.30 bits per heavy atom.